The molecular weight excluding hydrogens is 160 g/mol. The fourth-order valence-corrected chi connectivity index (χ4v) is 1.60. The highest BCUT2D eigenvalue weighted by Crippen LogP contribution is 2.01. The molecule has 0 aromatic rings. The summed E-state index contributed by atoms with van der Waals surface area (Å²) in [5.74, 6) is 0. The molecule has 2 N–H and O–H groups in total. The average molecular weight is 186 g/mol. The van der Waals surface area contributed by atoms with Crippen LogP contribution >= 0.6 is 0 Å². The summed E-state index contributed by atoms with van der Waals surface area (Å²) in [6.07, 6.45) is 6.66. The Morgan fingerprint density at radius 2 is 1.62 bits per heavy atom. The molecule has 0 aromatic heterocycles. The van der Waals surface area contributed by atoms with Crippen molar-refractivity contribution in [3.63, 3.8) is 0 Å². The summed E-state index contributed by atoms with van der Waals surface area (Å²) in [5.41, 5.74) is 5.55. The van der Waals surface area contributed by atoms with E-state index in [1.54, 1.807) is 0 Å². The molecule has 0 aliphatic heterocycles. The molecule has 13 heavy (non-hydrogen) atoms. The molecule has 0 radical (unpaired) electrons. The van der Waals surface area contributed by atoms with Gasteiger partial charge in [0.15, 0.2) is 0 Å². The zero-order valence-corrected chi connectivity index (χ0v) is 9.39. The molecule has 0 aliphatic rings. The fourth-order valence-electron chi connectivity index (χ4n) is 1.60. The van der Waals surface area contributed by atoms with E-state index in [4.69, 9.17) is 5.73 Å². The van der Waals surface area contributed by atoms with Gasteiger partial charge in [-0.1, -0.05) is 33.1 Å². The molecule has 0 unspecified atom stereocenters. The predicted octanol–water partition coefficient (Wildman–Crippen LogP) is 2.24. The maximum absolute atomic E-state index is 5.55. The standard InChI is InChI=1S/C11H26N2/c1-3-5-6-7-10-13(9-4-2)11-8-12/h3-12H2,1-2H3. The molecule has 0 saturated carbocycles. The van der Waals surface area contributed by atoms with Gasteiger partial charge in [-0.3, -0.25) is 0 Å². The van der Waals surface area contributed by atoms with Crippen LogP contribution in [0.25, 0.3) is 0 Å². The lowest BCUT2D eigenvalue weighted by Gasteiger charge is -2.20. The third-order valence-electron chi connectivity index (χ3n) is 2.31. The highest BCUT2D eigenvalue weighted by molar-refractivity contribution is 4.57. The number of hydrogen-bond acceptors (Lipinski definition) is 2. The average Bonchev–Trinajstić information content (AvgIpc) is 2.13. The lowest BCUT2D eigenvalue weighted by atomic mass is 10.2. The van der Waals surface area contributed by atoms with Crippen LogP contribution in [0.1, 0.15) is 46.0 Å². The van der Waals surface area contributed by atoms with Crippen molar-refractivity contribution < 1.29 is 0 Å². The van der Waals surface area contributed by atoms with Crippen molar-refractivity contribution in [1.29, 1.82) is 0 Å². The van der Waals surface area contributed by atoms with Crippen molar-refractivity contribution in [2.24, 2.45) is 5.73 Å². The van der Waals surface area contributed by atoms with Crippen molar-refractivity contribution in [3.05, 3.63) is 0 Å². The lowest BCUT2D eigenvalue weighted by molar-refractivity contribution is 0.275. The van der Waals surface area contributed by atoms with Crippen LogP contribution in [-0.4, -0.2) is 31.1 Å². The molecule has 80 valence electrons. The van der Waals surface area contributed by atoms with Crippen molar-refractivity contribution in [3.8, 4) is 0 Å². The Morgan fingerprint density at radius 3 is 2.15 bits per heavy atom. The Labute approximate surface area is 83.5 Å². The fraction of sp³-hybridized carbons (Fsp3) is 1.00. The van der Waals surface area contributed by atoms with Crippen molar-refractivity contribution in [2.75, 3.05) is 26.2 Å². The van der Waals surface area contributed by atoms with E-state index in [-0.39, 0.29) is 0 Å². The molecule has 0 spiro atoms. The minimum Gasteiger partial charge on any atom is -0.329 e. The lowest BCUT2D eigenvalue weighted by Crippen LogP contribution is -2.31. The van der Waals surface area contributed by atoms with Crippen LogP contribution in [-0.2, 0) is 0 Å². The van der Waals surface area contributed by atoms with Crippen LogP contribution in [0.4, 0.5) is 0 Å². The molecule has 0 saturated heterocycles. The Balaban J connectivity index is 3.33. The van der Waals surface area contributed by atoms with Crippen LogP contribution in [0.15, 0.2) is 0 Å². The highest BCUT2D eigenvalue weighted by Gasteiger charge is 2.00. The maximum Gasteiger partial charge on any atom is 0.0105 e. The predicted molar refractivity (Wildman–Crippen MR) is 59.9 cm³/mol. The second-order valence-corrected chi connectivity index (χ2v) is 3.69. The van der Waals surface area contributed by atoms with Crippen LogP contribution < -0.4 is 5.73 Å². The Kier molecular flexibility index (Phi) is 9.94. The molecule has 0 bridgehead atoms. The molecule has 0 fully saturated rings. The van der Waals surface area contributed by atoms with Crippen LogP contribution in [0.3, 0.4) is 0 Å². The maximum atomic E-state index is 5.55. The van der Waals surface area contributed by atoms with Crippen LogP contribution in [0, 0.1) is 0 Å². The van der Waals surface area contributed by atoms with Gasteiger partial charge in [-0.25, -0.2) is 0 Å². The topological polar surface area (TPSA) is 29.3 Å². The van der Waals surface area contributed by atoms with Gasteiger partial charge in [-0.15, -0.1) is 0 Å². The second kappa shape index (κ2) is 10.0. The summed E-state index contributed by atoms with van der Waals surface area (Å²) in [4.78, 5) is 2.48. The first-order valence-corrected chi connectivity index (χ1v) is 5.77. The Hall–Kier alpha value is -0.0800. The van der Waals surface area contributed by atoms with Gasteiger partial charge in [0.1, 0.15) is 0 Å². The summed E-state index contributed by atoms with van der Waals surface area (Å²) in [7, 11) is 0. The molecule has 2 heteroatoms. The molecule has 0 aromatic carbocycles. The molecule has 0 aliphatic carbocycles. The largest absolute Gasteiger partial charge is 0.329 e. The first-order valence-electron chi connectivity index (χ1n) is 5.77. The molecular formula is C11H26N2. The summed E-state index contributed by atoms with van der Waals surface area (Å²) in [5, 5.41) is 0. The van der Waals surface area contributed by atoms with Crippen molar-refractivity contribution in [1.82, 2.24) is 4.90 Å². The molecule has 0 rings (SSSR count). The number of unbranched alkanes of at least 4 members (excludes halogenated alkanes) is 3. The number of nitrogens with two attached hydrogens (primary N) is 1. The van der Waals surface area contributed by atoms with Gasteiger partial charge >= 0.3 is 0 Å². The molecule has 0 atom stereocenters. The Bertz CT molecular complexity index is 88.1. The number of rotatable bonds is 9. The van der Waals surface area contributed by atoms with Gasteiger partial charge < -0.3 is 10.6 Å². The third-order valence-corrected chi connectivity index (χ3v) is 2.31. The summed E-state index contributed by atoms with van der Waals surface area (Å²) < 4.78 is 0. The SMILES string of the molecule is CCCCCCN(CCC)CCN. The highest BCUT2D eigenvalue weighted by atomic mass is 15.1. The minimum absolute atomic E-state index is 0.799. The van der Waals surface area contributed by atoms with Crippen LogP contribution in [0.5, 0.6) is 0 Å². The van der Waals surface area contributed by atoms with Gasteiger partial charge in [0.2, 0.25) is 0 Å². The van der Waals surface area contributed by atoms with E-state index in [9.17, 15) is 0 Å². The first kappa shape index (κ1) is 12.9. The monoisotopic (exact) mass is 186 g/mol. The van der Waals surface area contributed by atoms with E-state index in [1.807, 2.05) is 0 Å². The first-order chi connectivity index (χ1) is 6.35. The van der Waals surface area contributed by atoms with Crippen molar-refractivity contribution in [2.45, 2.75) is 46.0 Å². The second-order valence-electron chi connectivity index (χ2n) is 3.69. The minimum atomic E-state index is 0.799. The van der Waals surface area contributed by atoms with E-state index in [0.29, 0.717) is 0 Å². The van der Waals surface area contributed by atoms with Crippen molar-refractivity contribution >= 4 is 0 Å². The van der Waals surface area contributed by atoms with Gasteiger partial charge in [0.25, 0.3) is 0 Å². The van der Waals surface area contributed by atoms with E-state index >= 15 is 0 Å². The summed E-state index contributed by atoms with van der Waals surface area (Å²) in [6.45, 7) is 8.81. The van der Waals surface area contributed by atoms with E-state index in [0.717, 1.165) is 13.1 Å². The van der Waals surface area contributed by atoms with Crippen LogP contribution in [0.2, 0.25) is 0 Å². The van der Waals surface area contributed by atoms with Gasteiger partial charge in [0.05, 0.1) is 0 Å². The number of hydrogen-bond donors (Lipinski definition) is 1. The number of nitrogens with zero attached hydrogens (tertiary/aromatic N) is 1. The quantitative estimate of drug-likeness (QED) is 0.560. The zero-order chi connectivity index (χ0) is 9.94. The smallest absolute Gasteiger partial charge is 0.0105 e. The van der Waals surface area contributed by atoms with E-state index < -0.39 is 0 Å². The molecule has 0 heterocycles. The van der Waals surface area contributed by atoms with Gasteiger partial charge in [-0.2, -0.15) is 0 Å². The van der Waals surface area contributed by atoms with Gasteiger partial charge in [0, 0.05) is 13.1 Å². The van der Waals surface area contributed by atoms with E-state index in [2.05, 4.69) is 18.7 Å². The normalized spacial score (nSPS) is 11.1. The Morgan fingerprint density at radius 1 is 0.846 bits per heavy atom. The molecule has 0 amide bonds. The molecule has 2 nitrogen and oxygen atoms in total. The van der Waals surface area contributed by atoms with E-state index in [1.165, 1.54) is 45.2 Å². The van der Waals surface area contributed by atoms with Gasteiger partial charge in [-0.05, 0) is 25.9 Å². The summed E-state index contributed by atoms with van der Waals surface area (Å²) in [6, 6.07) is 0. The third kappa shape index (κ3) is 8.26. The zero-order valence-electron chi connectivity index (χ0n) is 9.39. The summed E-state index contributed by atoms with van der Waals surface area (Å²) >= 11 is 0.